The Bertz CT molecular complexity index is 1050. The highest BCUT2D eigenvalue weighted by atomic mass is 32.1. The van der Waals surface area contributed by atoms with Crippen molar-refractivity contribution in [1.29, 1.82) is 0 Å². The molecule has 0 amide bonds. The lowest BCUT2D eigenvalue weighted by Crippen LogP contribution is -2.00. The second-order valence-corrected chi connectivity index (χ2v) is 6.73. The van der Waals surface area contributed by atoms with E-state index >= 15 is 0 Å². The molecule has 26 heavy (non-hydrogen) atoms. The Morgan fingerprint density at radius 2 is 1.54 bits per heavy atom. The van der Waals surface area contributed by atoms with Gasteiger partial charge >= 0.3 is 0 Å². The van der Waals surface area contributed by atoms with Gasteiger partial charge in [-0.1, -0.05) is 59.8 Å². The van der Waals surface area contributed by atoms with Crippen LogP contribution in [0.5, 0.6) is 0 Å². The summed E-state index contributed by atoms with van der Waals surface area (Å²) in [6.45, 7) is 0.131. The highest BCUT2D eigenvalue weighted by Gasteiger charge is 2.24. The van der Waals surface area contributed by atoms with Crippen molar-refractivity contribution in [2.24, 2.45) is 5.16 Å². The van der Waals surface area contributed by atoms with Crippen molar-refractivity contribution in [1.82, 2.24) is 10.2 Å². The van der Waals surface area contributed by atoms with Crippen molar-refractivity contribution < 1.29 is 9.25 Å². The lowest BCUT2D eigenvalue weighted by atomic mass is 10.1. The molecular weight excluding hydrogens is 346 g/mol. The number of benzene rings is 2. The molecule has 0 aliphatic heterocycles. The molecule has 0 atom stereocenters. The Balaban J connectivity index is 1.40. The van der Waals surface area contributed by atoms with Gasteiger partial charge in [-0.05, 0) is 22.6 Å². The minimum Gasteiger partial charge on any atom is -0.416 e. The number of thiophene rings is 1. The van der Waals surface area contributed by atoms with Gasteiger partial charge in [0.15, 0.2) is 6.61 Å². The van der Waals surface area contributed by atoms with Crippen LogP contribution >= 0.6 is 11.3 Å². The number of hydrogen-bond donors (Lipinski definition) is 0. The number of fused-ring (bicyclic) bond motifs is 3. The van der Waals surface area contributed by atoms with Crippen LogP contribution < -0.4 is 0 Å². The molecule has 1 aliphatic carbocycles. The van der Waals surface area contributed by atoms with Gasteiger partial charge in [0, 0.05) is 11.1 Å². The van der Waals surface area contributed by atoms with E-state index in [1.54, 1.807) is 11.3 Å². The zero-order valence-corrected chi connectivity index (χ0v) is 14.4. The van der Waals surface area contributed by atoms with E-state index in [4.69, 9.17) is 9.25 Å². The fourth-order valence-electron chi connectivity index (χ4n) is 3.06. The predicted molar refractivity (Wildman–Crippen MR) is 99.9 cm³/mol. The Morgan fingerprint density at radius 3 is 2.19 bits per heavy atom. The molecule has 0 fully saturated rings. The lowest BCUT2D eigenvalue weighted by molar-refractivity contribution is 0.111. The zero-order valence-electron chi connectivity index (χ0n) is 13.6. The maximum absolute atomic E-state index is 5.63. The first-order valence-electron chi connectivity index (χ1n) is 8.15. The normalized spacial score (nSPS) is 11.9. The quantitative estimate of drug-likeness (QED) is 0.435. The number of aromatic nitrogens is 2. The van der Waals surface area contributed by atoms with Crippen LogP contribution in [0.2, 0.25) is 0 Å². The summed E-state index contributed by atoms with van der Waals surface area (Å²) in [4.78, 5) is 6.48. The van der Waals surface area contributed by atoms with E-state index in [-0.39, 0.29) is 6.61 Å². The molecule has 0 bridgehead atoms. The van der Waals surface area contributed by atoms with E-state index in [0.717, 1.165) is 21.7 Å². The molecule has 2 aromatic carbocycles. The summed E-state index contributed by atoms with van der Waals surface area (Å²) in [5, 5.41) is 14.4. The first kappa shape index (κ1) is 15.0. The first-order chi connectivity index (χ1) is 12.9. The van der Waals surface area contributed by atoms with Gasteiger partial charge in [0.1, 0.15) is 5.71 Å². The van der Waals surface area contributed by atoms with Gasteiger partial charge in [0.25, 0.3) is 11.8 Å². The Labute approximate surface area is 153 Å². The van der Waals surface area contributed by atoms with E-state index < -0.39 is 0 Å². The fraction of sp³-hybridized carbons (Fsp3) is 0.0500. The van der Waals surface area contributed by atoms with E-state index in [1.807, 2.05) is 41.8 Å². The average molecular weight is 359 g/mol. The molecule has 1 aliphatic rings. The Hall–Kier alpha value is -3.25. The Morgan fingerprint density at radius 1 is 0.846 bits per heavy atom. The summed E-state index contributed by atoms with van der Waals surface area (Å²) in [7, 11) is 0. The van der Waals surface area contributed by atoms with Crippen LogP contribution in [-0.2, 0) is 11.4 Å². The summed E-state index contributed by atoms with van der Waals surface area (Å²) in [6, 6.07) is 20.3. The van der Waals surface area contributed by atoms with Crippen molar-refractivity contribution in [3.05, 3.63) is 83.1 Å². The van der Waals surface area contributed by atoms with Crippen molar-refractivity contribution in [3.8, 4) is 21.9 Å². The molecule has 126 valence electrons. The minimum atomic E-state index is 0.131. The summed E-state index contributed by atoms with van der Waals surface area (Å²) < 4.78 is 5.63. The predicted octanol–water partition coefficient (Wildman–Crippen LogP) is 4.75. The van der Waals surface area contributed by atoms with E-state index in [1.165, 1.54) is 11.1 Å². The molecule has 0 saturated heterocycles. The van der Waals surface area contributed by atoms with Crippen LogP contribution in [0.3, 0.4) is 0 Å². The topological polar surface area (TPSA) is 60.5 Å². The molecule has 2 heterocycles. The van der Waals surface area contributed by atoms with Crippen LogP contribution in [0.1, 0.15) is 17.0 Å². The van der Waals surface area contributed by atoms with Crippen LogP contribution in [-0.4, -0.2) is 15.9 Å². The monoisotopic (exact) mass is 359 g/mol. The number of nitrogens with zero attached hydrogens (tertiary/aromatic N) is 3. The van der Waals surface area contributed by atoms with Crippen molar-refractivity contribution >= 4 is 17.0 Å². The Kier molecular flexibility index (Phi) is 3.61. The molecular formula is C20H13N3O2S. The zero-order chi connectivity index (χ0) is 17.3. The van der Waals surface area contributed by atoms with Crippen molar-refractivity contribution in [2.75, 3.05) is 0 Å². The van der Waals surface area contributed by atoms with Gasteiger partial charge in [0.05, 0.1) is 4.88 Å². The number of rotatable bonds is 4. The van der Waals surface area contributed by atoms with E-state index in [2.05, 4.69) is 39.6 Å². The SMILES string of the molecule is c1csc(-c2nnc(CON=C3c4ccccc4-c4ccccc43)o2)c1. The average Bonchev–Trinajstić information content (AvgIpc) is 3.42. The second-order valence-electron chi connectivity index (χ2n) is 5.78. The van der Waals surface area contributed by atoms with Crippen molar-refractivity contribution in [2.45, 2.75) is 6.61 Å². The van der Waals surface area contributed by atoms with E-state index in [9.17, 15) is 0 Å². The molecule has 0 N–H and O–H groups in total. The molecule has 0 saturated carbocycles. The third kappa shape index (κ3) is 2.51. The first-order valence-corrected chi connectivity index (χ1v) is 9.03. The molecule has 6 heteroatoms. The molecule has 0 radical (unpaired) electrons. The summed E-state index contributed by atoms with van der Waals surface area (Å²) in [6.07, 6.45) is 0. The van der Waals surface area contributed by atoms with Gasteiger partial charge < -0.3 is 9.25 Å². The maximum atomic E-state index is 5.63. The highest BCUT2D eigenvalue weighted by Crippen LogP contribution is 2.36. The molecule has 4 aromatic rings. The molecule has 0 unspecified atom stereocenters. The molecule has 2 aromatic heterocycles. The molecule has 5 rings (SSSR count). The van der Waals surface area contributed by atoms with Gasteiger partial charge in [0.2, 0.25) is 0 Å². The summed E-state index contributed by atoms with van der Waals surface area (Å²) in [5.74, 6) is 0.903. The van der Waals surface area contributed by atoms with Gasteiger partial charge in [-0.2, -0.15) is 0 Å². The summed E-state index contributed by atoms with van der Waals surface area (Å²) in [5.41, 5.74) is 5.30. The van der Waals surface area contributed by atoms with Crippen LogP contribution in [0.25, 0.3) is 21.9 Å². The van der Waals surface area contributed by atoms with Gasteiger partial charge in [-0.25, -0.2) is 0 Å². The highest BCUT2D eigenvalue weighted by molar-refractivity contribution is 7.13. The summed E-state index contributed by atoms with van der Waals surface area (Å²) >= 11 is 1.55. The van der Waals surface area contributed by atoms with Gasteiger partial charge in [-0.15, -0.1) is 21.5 Å². The number of hydrogen-bond acceptors (Lipinski definition) is 6. The maximum Gasteiger partial charge on any atom is 0.257 e. The minimum absolute atomic E-state index is 0.131. The number of oxime groups is 1. The largest absolute Gasteiger partial charge is 0.416 e. The van der Waals surface area contributed by atoms with Crippen LogP contribution in [0.15, 0.2) is 75.6 Å². The third-order valence-electron chi connectivity index (χ3n) is 4.20. The van der Waals surface area contributed by atoms with Crippen LogP contribution in [0.4, 0.5) is 0 Å². The van der Waals surface area contributed by atoms with E-state index in [0.29, 0.717) is 11.8 Å². The molecule has 0 spiro atoms. The smallest absolute Gasteiger partial charge is 0.257 e. The third-order valence-corrected chi connectivity index (χ3v) is 5.06. The van der Waals surface area contributed by atoms with Gasteiger partial charge in [-0.3, -0.25) is 0 Å². The standard InChI is InChI=1S/C20H13N3O2S/c1-3-8-15-13(6-1)14-7-2-4-9-16(14)19(15)23-24-12-18-21-22-20(25-18)17-10-5-11-26-17/h1-11H,12H2. The fourth-order valence-corrected chi connectivity index (χ4v) is 3.70. The van der Waals surface area contributed by atoms with Crippen LogP contribution in [0, 0.1) is 0 Å². The molecule has 5 nitrogen and oxygen atoms in total. The lowest BCUT2D eigenvalue weighted by Gasteiger charge is -2.01. The second kappa shape index (κ2) is 6.24. The van der Waals surface area contributed by atoms with Crippen molar-refractivity contribution in [3.63, 3.8) is 0 Å².